The van der Waals surface area contributed by atoms with Gasteiger partial charge in [-0.15, -0.1) is 10.2 Å². The number of halogens is 1. The molecule has 102 valence electrons. The summed E-state index contributed by atoms with van der Waals surface area (Å²) in [5.41, 5.74) is 4.09. The zero-order valence-electron chi connectivity index (χ0n) is 9.97. The summed E-state index contributed by atoms with van der Waals surface area (Å²) >= 11 is 5.50. The van der Waals surface area contributed by atoms with Crippen LogP contribution < -0.4 is 10.9 Å². The summed E-state index contributed by atoms with van der Waals surface area (Å²) in [6.45, 7) is 1.80. The molecule has 2 amide bonds. The molecule has 19 heavy (non-hydrogen) atoms. The van der Waals surface area contributed by atoms with Crippen LogP contribution >= 0.6 is 11.6 Å². The molecule has 0 fully saturated rings. The predicted molar refractivity (Wildman–Crippen MR) is 63.9 cm³/mol. The highest BCUT2D eigenvalue weighted by Gasteiger charge is 2.12. The average Bonchev–Trinajstić information content (AvgIpc) is 2.37. The number of ether oxygens (including phenoxy) is 1. The second-order valence-electron chi connectivity index (χ2n) is 3.23. The quantitative estimate of drug-likeness (QED) is 0.452. The second-order valence-corrected chi connectivity index (χ2v) is 3.61. The molecule has 0 aromatic carbocycles. The number of amides is 2. The van der Waals surface area contributed by atoms with Crippen LogP contribution in [0.25, 0.3) is 0 Å². The number of hydrazine groups is 1. The summed E-state index contributed by atoms with van der Waals surface area (Å²) in [4.78, 5) is 33.7. The minimum atomic E-state index is -0.700. The van der Waals surface area contributed by atoms with E-state index in [2.05, 4.69) is 20.4 Å². The Bertz CT molecular complexity index is 477. The lowest BCUT2D eigenvalue weighted by atomic mass is 10.4. The molecule has 0 aliphatic rings. The van der Waals surface area contributed by atoms with Crippen LogP contribution in [0.15, 0.2) is 12.1 Å². The van der Waals surface area contributed by atoms with E-state index in [-0.39, 0.29) is 17.5 Å². The summed E-state index contributed by atoms with van der Waals surface area (Å²) < 4.78 is 4.57. The number of carbonyl (C=O) groups is 3. The first kappa shape index (κ1) is 14.8. The van der Waals surface area contributed by atoms with Gasteiger partial charge in [0.15, 0.2) is 10.8 Å². The molecule has 0 unspecified atom stereocenters. The fourth-order valence-electron chi connectivity index (χ4n) is 1.01. The van der Waals surface area contributed by atoms with Crippen LogP contribution in [-0.4, -0.2) is 34.6 Å². The van der Waals surface area contributed by atoms with Crippen LogP contribution in [0.3, 0.4) is 0 Å². The Labute approximate surface area is 113 Å². The molecule has 0 aliphatic carbocycles. The third kappa shape index (κ3) is 5.30. The molecule has 9 heteroatoms. The Kier molecular flexibility index (Phi) is 5.68. The van der Waals surface area contributed by atoms with E-state index in [1.807, 2.05) is 5.43 Å². The van der Waals surface area contributed by atoms with Crippen LogP contribution in [-0.2, 0) is 14.3 Å². The van der Waals surface area contributed by atoms with Gasteiger partial charge in [0.1, 0.15) is 6.42 Å². The number of carbonyl (C=O) groups excluding carboxylic acids is 3. The van der Waals surface area contributed by atoms with E-state index in [4.69, 9.17) is 11.6 Å². The molecule has 1 aromatic rings. The van der Waals surface area contributed by atoms with Crippen LogP contribution in [0.1, 0.15) is 23.8 Å². The molecule has 0 atom stereocenters. The Hall–Kier alpha value is -2.22. The highest BCUT2D eigenvalue weighted by atomic mass is 35.5. The summed E-state index contributed by atoms with van der Waals surface area (Å²) in [7, 11) is 0. The Morgan fingerprint density at radius 2 is 2.00 bits per heavy atom. The normalized spacial score (nSPS) is 9.58. The fourth-order valence-corrected chi connectivity index (χ4v) is 1.12. The Balaban J connectivity index is 2.40. The molecule has 0 spiro atoms. The molecule has 0 aliphatic heterocycles. The van der Waals surface area contributed by atoms with E-state index in [0.29, 0.717) is 0 Å². The third-order valence-corrected chi connectivity index (χ3v) is 1.99. The number of nitrogens with zero attached hydrogens (tertiary/aromatic N) is 2. The van der Waals surface area contributed by atoms with Gasteiger partial charge in [0.05, 0.1) is 6.61 Å². The molecule has 1 heterocycles. The van der Waals surface area contributed by atoms with Crippen molar-refractivity contribution < 1.29 is 19.1 Å². The van der Waals surface area contributed by atoms with E-state index < -0.39 is 24.2 Å². The van der Waals surface area contributed by atoms with Crippen molar-refractivity contribution in [2.75, 3.05) is 6.61 Å². The number of aromatic nitrogens is 2. The average molecular weight is 287 g/mol. The molecule has 0 saturated heterocycles. The molecule has 0 saturated carbocycles. The number of esters is 1. The maximum absolute atomic E-state index is 11.5. The highest BCUT2D eigenvalue weighted by molar-refractivity contribution is 6.29. The van der Waals surface area contributed by atoms with Gasteiger partial charge in [-0.3, -0.25) is 25.2 Å². The third-order valence-electron chi connectivity index (χ3n) is 1.79. The van der Waals surface area contributed by atoms with Crippen LogP contribution in [0, 0.1) is 0 Å². The van der Waals surface area contributed by atoms with Crippen molar-refractivity contribution >= 4 is 29.4 Å². The maximum Gasteiger partial charge on any atom is 0.315 e. The Morgan fingerprint density at radius 1 is 1.26 bits per heavy atom. The van der Waals surface area contributed by atoms with E-state index in [0.717, 1.165) is 0 Å². The standard InChI is InChI=1S/C10H11ClN4O4/c1-2-19-9(17)5-8(16)14-15-10(18)6-3-4-7(11)13-12-6/h3-4H,2,5H2,1H3,(H,14,16)(H,15,18). The molecular formula is C10H11ClN4O4. The van der Waals surface area contributed by atoms with Crippen molar-refractivity contribution in [3.8, 4) is 0 Å². The first-order valence-corrected chi connectivity index (χ1v) is 5.64. The van der Waals surface area contributed by atoms with Crippen LogP contribution in [0.2, 0.25) is 5.15 Å². The second kappa shape index (κ2) is 7.27. The van der Waals surface area contributed by atoms with Crippen molar-refractivity contribution in [3.05, 3.63) is 23.0 Å². The minimum absolute atomic E-state index is 0.0270. The van der Waals surface area contributed by atoms with E-state index >= 15 is 0 Å². The molecule has 1 rings (SSSR count). The lowest BCUT2D eigenvalue weighted by Crippen LogP contribution is -2.42. The maximum atomic E-state index is 11.5. The van der Waals surface area contributed by atoms with Gasteiger partial charge in [-0.25, -0.2) is 0 Å². The lowest BCUT2D eigenvalue weighted by molar-refractivity contribution is -0.146. The molecule has 2 N–H and O–H groups in total. The number of nitrogens with one attached hydrogen (secondary N) is 2. The highest BCUT2D eigenvalue weighted by Crippen LogP contribution is 2.01. The fraction of sp³-hybridized carbons (Fsp3) is 0.300. The Morgan fingerprint density at radius 3 is 2.58 bits per heavy atom. The van der Waals surface area contributed by atoms with Crippen molar-refractivity contribution in [1.29, 1.82) is 0 Å². The van der Waals surface area contributed by atoms with Gasteiger partial charge < -0.3 is 4.74 Å². The number of rotatable bonds is 4. The predicted octanol–water partition coefficient (Wildman–Crippen LogP) is -0.156. The zero-order chi connectivity index (χ0) is 14.3. The summed E-state index contributed by atoms with van der Waals surface area (Å²) in [5, 5.41) is 7.12. The van der Waals surface area contributed by atoms with Crippen LogP contribution in [0.4, 0.5) is 0 Å². The molecule has 0 bridgehead atoms. The van der Waals surface area contributed by atoms with Gasteiger partial charge in [-0.1, -0.05) is 11.6 Å². The van der Waals surface area contributed by atoms with Crippen LogP contribution in [0.5, 0.6) is 0 Å². The summed E-state index contributed by atoms with van der Waals surface area (Å²) in [6.07, 6.45) is -0.486. The first-order valence-electron chi connectivity index (χ1n) is 5.27. The van der Waals surface area contributed by atoms with Gasteiger partial charge in [-0.2, -0.15) is 0 Å². The molecular weight excluding hydrogens is 276 g/mol. The van der Waals surface area contributed by atoms with Crippen molar-refractivity contribution in [2.24, 2.45) is 0 Å². The topological polar surface area (TPSA) is 110 Å². The minimum Gasteiger partial charge on any atom is -0.466 e. The number of hydrogen-bond acceptors (Lipinski definition) is 6. The SMILES string of the molecule is CCOC(=O)CC(=O)NNC(=O)c1ccc(Cl)nn1. The summed E-state index contributed by atoms with van der Waals surface area (Å²) in [5.74, 6) is -2.06. The largest absolute Gasteiger partial charge is 0.466 e. The number of hydrogen-bond donors (Lipinski definition) is 2. The van der Waals surface area contributed by atoms with Gasteiger partial charge in [0.2, 0.25) is 5.91 Å². The molecule has 1 aromatic heterocycles. The van der Waals surface area contributed by atoms with Gasteiger partial charge in [0, 0.05) is 0 Å². The monoisotopic (exact) mass is 286 g/mol. The van der Waals surface area contributed by atoms with Crippen molar-refractivity contribution in [3.63, 3.8) is 0 Å². The van der Waals surface area contributed by atoms with Gasteiger partial charge >= 0.3 is 5.97 Å². The summed E-state index contributed by atoms with van der Waals surface area (Å²) in [6, 6.07) is 2.71. The lowest BCUT2D eigenvalue weighted by Gasteiger charge is -2.06. The van der Waals surface area contributed by atoms with E-state index in [1.165, 1.54) is 12.1 Å². The first-order chi connectivity index (χ1) is 9.02. The van der Waals surface area contributed by atoms with Gasteiger partial charge in [-0.05, 0) is 19.1 Å². The van der Waals surface area contributed by atoms with Crippen molar-refractivity contribution in [2.45, 2.75) is 13.3 Å². The van der Waals surface area contributed by atoms with Crippen molar-refractivity contribution in [1.82, 2.24) is 21.0 Å². The molecule has 0 radical (unpaired) electrons. The molecule has 8 nitrogen and oxygen atoms in total. The van der Waals surface area contributed by atoms with Gasteiger partial charge in [0.25, 0.3) is 5.91 Å². The van der Waals surface area contributed by atoms with E-state index in [1.54, 1.807) is 6.92 Å². The smallest absolute Gasteiger partial charge is 0.315 e. The van der Waals surface area contributed by atoms with E-state index in [9.17, 15) is 14.4 Å². The zero-order valence-corrected chi connectivity index (χ0v) is 10.7.